The first-order valence-corrected chi connectivity index (χ1v) is 10.7. The Balaban J connectivity index is 1.75. The second kappa shape index (κ2) is 7.29. The van der Waals surface area contributed by atoms with Gasteiger partial charge in [0.05, 0.1) is 18.0 Å². The van der Waals surface area contributed by atoms with Gasteiger partial charge in [-0.2, -0.15) is 0 Å². The van der Waals surface area contributed by atoms with Gasteiger partial charge >= 0.3 is 0 Å². The van der Waals surface area contributed by atoms with Gasteiger partial charge in [-0.1, -0.05) is 57.5 Å². The van der Waals surface area contributed by atoms with Gasteiger partial charge in [-0.25, -0.2) is 12.7 Å². The van der Waals surface area contributed by atoms with Crippen molar-refractivity contribution in [3.8, 4) is 0 Å². The summed E-state index contributed by atoms with van der Waals surface area (Å²) in [5, 5.41) is 0.568. The number of aliphatic imine (C=N–C) groups is 1. The zero-order valence-corrected chi connectivity index (χ0v) is 16.4. The smallest absolute Gasteiger partial charge is 0.260 e. The molecule has 0 unspecified atom stereocenters. The summed E-state index contributed by atoms with van der Waals surface area (Å²) in [6.45, 7) is 2.85. The highest BCUT2D eigenvalue weighted by Crippen LogP contribution is 2.26. The van der Waals surface area contributed by atoms with E-state index in [1.807, 2.05) is 43.3 Å². The Hall–Kier alpha value is -1.31. The minimum Gasteiger partial charge on any atom is -0.260 e. The van der Waals surface area contributed by atoms with Crippen molar-refractivity contribution in [1.29, 1.82) is 0 Å². The summed E-state index contributed by atoms with van der Waals surface area (Å²) in [7, 11) is -3.54. The normalized spacial score (nSPS) is 14.8. The maximum absolute atomic E-state index is 12.8. The Morgan fingerprint density at radius 3 is 2.46 bits per heavy atom. The highest BCUT2D eigenvalue weighted by molar-refractivity contribution is 9.10. The monoisotopic (exact) mass is 424 g/mol. The van der Waals surface area contributed by atoms with Crippen LogP contribution in [0.5, 0.6) is 0 Å². The molecule has 2 aromatic carbocycles. The number of benzene rings is 2. The van der Waals surface area contributed by atoms with Gasteiger partial charge in [0.25, 0.3) is 10.0 Å². The molecule has 0 atom stereocenters. The molecular formula is C17H17BrN2O2S2. The maximum atomic E-state index is 12.8. The number of sulfonamides is 1. The minimum absolute atomic E-state index is 0.312. The second-order valence-corrected chi connectivity index (χ2v) is 9.19. The molecule has 2 aromatic rings. The third-order valence-electron chi connectivity index (χ3n) is 3.65. The third kappa shape index (κ3) is 3.84. The number of thioether (sulfide) groups is 1. The molecule has 0 radical (unpaired) electrons. The summed E-state index contributed by atoms with van der Waals surface area (Å²) < 4.78 is 28.1. The molecule has 7 heteroatoms. The molecule has 0 spiro atoms. The third-order valence-corrected chi connectivity index (χ3v) is 7.19. The van der Waals surface area contributed by atoms with Crippen molar-refractivity contribution >= 4 is 42.9 Å². The van der Waals surface area contributed by atoms with Crippen LogP contribution in [-0.4, -0.2) is 31.0 Å². The van der Waals surface area contributed by atoms with Crippen LogP contribution >= 0.6 is 27.7 Å². The van der Waals surface area contributed by atoms with Crippen LogP contribution in [0.4, 0.5) is 0 Å². The van der Waals surface area contributed by atoms with Crippen molar-refractivity contribution < 1.29 is 8.42 Å². The van der Waals surface area contributed by atoms with Gasteiger partial charge in [0.1, 0.15) is 0 Å². The minimum atomic E-state index is -3.54. The summed E-state index contributed by atoms with van der Waals surface area (Å²) in [5.41, 5.74) is 2.17. The van der Waals surface area contributed by atoms with Crippen molar-refractivity contribution in [1.82, 2.24) is 4.31 Å². The lowest BCUT2D eigenvalue weighted by molar-refractivity contribution is 0.540. The van der Waals surface area contributed by atoms with Crippen LogP contribution in [0.1, 0.15) is 11.1 Å². The molecule has 1 aliphatic rings. The average molecular weight is 425 g/mol. The van der Waals surface area contributed by atoms with E-state index in [1.165, 1.54) is 16.1 Å². The van der Waals surface area contributed by atoms with Crippen LogP contribution in [0.25, 0.3) is 0 Å². The number of aryl methyl sites for hydroxylation is 1. The fraction of sp³-hybridized carbons (Fsp3) is 0.235. The van der Waals surface area contributed by atoms with Gasteiger partial charge in [-0.05, 0) is 36.8 Å². The molecule has 1 aliphatic heterocycles. The summed E-state index contributed by atoms with van der Waals surface area (Å²) in [6, 6.07) is 14.9. The topological polar surface area (TPSA) is 49.7 Å². The SMILES string of the molecule is Cc1ccc(S(=O)(=O)N2CCN=C2SCc2ccc(Br)cc2)cc1. The Morgan fingerprint density at radius 1 is 1.12 bits per heavy atom. The van der Waals surface area contributed by atoms with Crippen molar-refractivity contribution in [3.63, 3.8) is 0 Å². The molecule has 0 saturated carbocycles. The van der Waals surface area contributed by atoms with Crippen LogP contribution in [0, 0.1) is 6.92 Å². The lowest BCUT2D eigenvalue weighted by atomic mass is 10.2. The quantitative estimate of drug-likeness (QED) is 0.743. The molecule has 4 nitrogen and oxygen atoms in total. The molecule has 0 amide bonds. The summed E-state index contributed by atoms with van der Waals surface area (Å²) in [4.78, 5) is 4.69. The van der Waals surface area contributed by atoms with E-state index in [4.69, 9.17) is 0 Å². The fourth-order valence-electron chi connectivity index (χ4n) is 2.32. The van der Waals surface area contributed by atoms with E-state index in [1.54, 1.807) is 12.1 Å². The van der Waals surface area contributed by atoms with Crippen LogP contribution in [0.3, 0.4) is 0 Å². The van der Waals surface area contributed by atoms with Crippen LogP contribution in [0.2, 0.25) is 0 Å². The Bertz CT molecular complexity index is 847. The van der Waals surface area contributed by atoms with Gasteiger partial charge in [0.2, 0.25) is 0 Å². The number of amidine groups is 1. The van der Waals surface area contributed by atoms with Crippen molar-refractivity contribution in [2.45, 2.75) is 17.6 Å². The molecule has 1 heterocycles. The lowest BCUT2D eigenvalue weighted by Crippen LogP contribution is -2.32. The standard InChI is InChI=1S/C17H17BrN2O2S2/c1-13-2-8-16(9-3-13)24(21,22)20-11-10-19-17(20)23-12-14-4-6-15(18)7-5-14/h2-9H,10-12H2,1H3. The van der Waals surface area contributed by atoms with Crippen LogP contribution < -0.4 is 0 Å². The lowest BCUT2D eigenvalue weighted by Gasteiger charge is -2.20. The average Bonchev–Trinajstić information content (AvgIpc) is 3.04. The van der Waals surface area contributed by atoms with Crippen molar-refractivity contribution in [3.05, 3.63) is 64.1 Å². The van der Waals surface area contributed by atoms with E-state index in [2.05, 4.69) is 20.9 Å². The van der Waals surface area contributed by atoms with Crippen molar-refractivity contribution in [2.75, 3.05) is 13.1 Å². The molecule has 3 rings (SSSR count). The predicted octanol–water partition coefficient (Wildman–Crippen LogP) is 4.05. The molecule has 0 aliphatic carbocycles. The van der Waals surface area contributed by atoms with Crippen LogP contribution in [-0.2, 0) is 15.8 Å². The second-order valence-electron chi connectivity index (χ2n) is 5.47. The molecular weight excluding hydrogens is 408 g/mol. The van der Waals surface area contributed by atoms with E-state index in [-0.39, 0.29) is 0 Å². The van der Waals surface area contributed by atoms with Gasteiger partial charge in [-0.15, -0.1) is 0 Å². The first-order chi connectivity index (χ1) is 11.5. The number of hydrogen-bond donors (Lipinski definition) is 0. The number of nitrogens with zero attached hydrogens (tertiary/aromatic N) is 2. The Morgan fingerprint density at radius 2 is 1.79 bits per heavy atom. The zero-order valence-electron chi connectivity index (χ0n) is 13.1. The Labute approximate surface area is 155 Å². The highest BCUT2D eigenvalue weighted by atomic mass is 79.9. The van der Waals surface area contributed by atoms with E-state index in [9.17, 15) is 8.42 Å². The fourth-order valence-corrected chi connectivity index (χ4v) is 5.26. The van der Waals surface area contributed by atoms with Crippen LogP contribution in [0.15, 0.2) is 62.9 Å². The molecule has 0 N–H and O–H groups in total. The zero-order chi connectivity index (χ0) is 17.2. The van der Waals surface area contributed by atoms with E-state index in [0.29, 0.717) is 28.9 Å². The van der Waals surface area contributed by atoms with Gasteiger partial charge in [0, 0.05) is 10.2 Å². The van der Waals surface area contributed by atoms with Crippen molar-refractivity contribution in [2.24, 2.45) is 4.99 Å². The number of rotatable bonds is 4. The molecule has 0 saturated heterocycles. The summed E-state index contributed by atoms with van der Waals surface area (Å²) in [6.07, 6.45) is 0. The van der Waals surface area contributed by atoms with Gasteiger partial charge in [0.15, 0.2) is 5.17 Å². The van der Waals surface area contributed by atoms with Gasteiger partial charge in [-0.3, -0.25) is 4.99 Å². The van der Waals surface area contributed by atoms with Gasteiger partial charge < -0.3 is 0 Å². The predicted molar refractivity (Wildman–Crippen MR) is 103 cm³/mol. The highest BCUT2D eigenvalue weighted by Gasteiger charge is 2.30. The molecule has 126 valence electrons. The first-order valence-electron chi connectivity index (χ1n) is 7.48. The summed E-state index contributed by atoms with van der Waals surface area (Å²) >= 11 is 4.87. The molecule has 24 heavy (non-hydrogen) atoms. The number of hydrogen-bond acceptors (Lipinski definition) is 4. The maximum Gasteiger partial charge on any atom is 0.265 e. The van der Waals surface area contributed by atoms with E-state index >= 15 is 0 Å². The first kappa shape index (κ1) is 17.5. The van der Waals surface area contributed by atoms with E-state index in [0.717, 1.165) is 15.6 Å². The number of halogens is 1. The largest absolute Gasteiger partial charge is 0.265 e. The molecule has 0 aromatic heterocycles. The van der Waals surface area contributed by atoms with E-state index < -0.39 is 10.0 Å². The molecule has 0 bridgehead atoms. The molecule has 0 fully saturated rings. The summed E-state index contributed by atoms with van der Waals surface area (Å²) in [5.74, 6) is 0.687. The Kier molecular flexibility index (Phi) is 5.32.